The molecule has 2 aromatic heterocycles. The molecule has 0 atom stereocenters. The Morgan fingerprint density at radius 1 is 1.15 bits per heavy atom. The summed E-state index contributed by atoms with van der Waals surface area (Å²) in [5.41, 5.74) is 1.45. The third-order valence-corrected chi connectivity index (χ3v) is 3.25. The van der Waals surface area contributed by atoms with Crippen molar-refractivity contribution >= 4 is 40.4 Å². The number of hydrogen-bond donors (Lipinski definition) is 1. The molecule has 5 nitrogen and oxygen atoms in total. The van der Waals surface area contributed by atoms with Crippen molar-refractivity contribution in [1.29, 1.82) is 0 Å². The van der Waals surface area contributed by atoms with Crippen LogP contribution in [-0.2, 0) is 0 Å². The molecule has 1 N–H and O–H groups in total. The summed E-state index contributed by atoms with van der Waals surface area (Å²) in [6, 6.07) is 8.16. The smallest absolute Gasteiger partial charge is 0.274 e. The minimum atomic E-state index is -0.328. The van der Waals surface area contributed by atoms with Crippen LogP contribution in [-0.4, -0.2) is 20.5 Å². The van der Waals surface area contributed by atoms with Gasteiger partial charge in [-0.2, -0.15) is 5.10 Å². The fourth-order valence-electron chi connectivity index (χ4n) is 1.78. The van der Waals surface area contributed by atoms with E-state index >= 15 is 0 Å². The molecule has 0 spiro atoms. The Kier molecular flexibility index (Phi) is 3.30. The number of anilines is 1. The fraction of sp³-hybridized carbons (Fsp3) is 0. The van der Waals surface area contributed by atoms with Crippen LogP contribution in [0.4, 0.5) is 5.69 Å². The van der Waals surface area contributed by atoms with Gasteiger partial charge in [0.1, 0.15) is 5.69 Å². The summed E-state index contributed by atoms with van der Waals surface area (Å²) in [4.78, 5) is 16.4. The molecule has 0 aliphatic rings. The van der Waals surface area contributed by atoms with Crippen molar-refractivity contribution < 1.29 is 4.79 Å². The number of aromatic nitrogens is 3. The van der Waals surface area contributed by atoms with Crippen molar-refractivity contribution in [3.63, 3.8) is 0 Å². The Labute approximate surface area is 124 Å². The van der Waals surface area contributed by atoms with Crippen molar-refractivity contribution in [2.24, 2.45) is 0 Å². The second-order valence-corrected chi connectivity index (χ2v) is 4.85. The summed E-state index contributed by atoms with van der Waals surface area (Å²) in [5, 5.41) is 7.65. The van der Waals surface area contributed by atoms with Crippen LogP contribution in [0.5, 0.6) is 0 Å². The normalized spacial score (nSPS) is 10.7. The number of halogens is 2. The van der Waals surface area contributed by atoms with Crippen molar-refractivity contribution in [2.45, 2.75) is 0 Å². The Morgan fingerprint density at radius 2 is 2.00 bits per heavy atom. The van der Waals surface area contributed by atoms with Gasteiger partial charge in [0, 0.05) is 17.3 Å². The van der Waals surface area contributed by atoms with Crippen molar-refractivity contribution in [2.75, 3.05) is 5.32 Å². The highest BCUT2D eigenvalue weighted by Crippen LogP contribution is 2.25. The SMILES string of the molecule is O=C(Nc1ccc(Cl)cc1Cl)c1ccnc2ccnn12. The molecule has 100 valence electrons. The molecule has 3 rings (SSSR count). The molecule has 0 unspecified atom stereocenters. The van der Waals surface area contributed by atoms with E-state index in [1.807, 2.05) is 0 Å². The van der Waals surface area contributed by atoms with Gasteiger partial charge in [0.05, 0.1) is 16.9 Å². The van der Waals surface area contributed by atoms with Crippen molar-refractivity contribution in [1.82, 2.24) is 14.6 Å². The topological polar surface area (TPSA) is 59.3 Å². The first-order chi connectivity index (χ1) is 9.65. The van der Waals surface area contributed by atoms with E-state index in [0.29, 0.717) is 27.1 Å². The van der Waals surface area contributed by atoms with Gasteiger partial charge in [-0.05, 0) is 24.3 Å². The van der Waals surface area contributed by atoms with Gasteiger partial charge in [0.15, 0.2) is 5.65 Å². The summed E-state index contributed by atoms with van der Waals surface area (Å²) in [7, 11) is 0. The van der Waals surface area contributed by atoms with E-state index < -0.39 is 0 Å². The number of hydrogen-bond acceptors (Lipinski definition) is 3. The molecule has 1 aromatic carbocycles. The van der Waals surface area contributed by atoms with E-state index in [9.17, 15) is 4.79 Å². The lowest BCUT2D eigenvalue weighted by Crippen LogP contribution is -2.16. The van der Waals surface area contributed by atoms with Crippen molar-refractivity contribution in [3.05, 3.63) is 58.5 Å². The highest BCUT2D eigenvalue weighted by molar-refractivity contribution is 6.36. The van der Waals surface area contributed by atoms with Crippen LogP contribution < -0.4 is 5.32 Å². The molecule has 1 amide bonds. The predicted octanol–water partition coefficient (Wildman–Crippen LogP) is 3.29. The van der Waals surface area contributed by atoms with Crippen LogP contribution in [0.1, 0.15) is 10.5 Å². The molecule has 0 radical (unpaired) electrons. The second kappa shape index (κ2) is 5.11. The lowest BCUT2D eigenvalue weighted by atomic mass is 10.3. The van der Waals surface area contributed by atoms with Crippen LogP contribution >= 0.6 is 23.2 Å². The number of fused-ring (bicyclic) bond motifs is 1. The molecule has 0 aliphatic carbocycles. The largest absolute Gasteiger partial charge is 0.319 e. The molecule has 0 bridgehead atoms. The lowest BCUT2D eigenvalue weighted by Gasteiger charge is -2.08. The Balaban J connectivity index is 1.95. The molecular weight excluding hydrogens is 299 g/mol. The first-order valence-electron chi connectivity index (χ1n) is 5.70. The Hall–Kier alpha value is -2.11. The van der Waals surface area contributed by atoms with Gasteiger partial charge >= 0.3 is 0 Å². The standard InChI is InChI=1S/C13H8Cl2N4O/c14-8-1-2-10(9(15)7-8)18-13(20)11-3-5-16-12-4-6-17-19(11)12/h1-7H,(H,18,20). The summed E-state index contributed by atoms with van der Waals surface area (Å²) < 4.78 is 1.46. The maximum absolute atomic E-state index is 12.3. The molecule has 0 saturated heterocycles. The summed E-state index contributed by atoms with van der Waals surface area (Å²) in [6.45, 7) is 0. The summed E-state index contributed by atoms with van der Waals surface area (Å²) >= 11 is 11.8. The first-order valence-corrected chi connectivity index (χ1v) is 6.46. The zero-order chi connectivity index (χ0) is 14.1. The van der Waals surface area contributed by atoms with Gasteiger partial charge in [0.2, 0.25) is 0 Å². The molecule has 2 heterocycles. The first kappa shape index (κ1) is 12.9. The quantitative estimate of drug-likeness (QED) is 0.790. The summed E-state index contributed by atoms with van der Waals surface area (Å²) in [6.07, 6.45) is 3.13. The van der Waals surface area contributed by atoms with E-state index in [2.05, 4.69) is 15.4 Å². The van der Waals surface area contributed by atoms with E-state index in [4.69, 9.17) is 23.2 Å². The number of carbonyl (C=O) groups is 1. The number of amides is 1. The highest BCUT2D eigenvalue weighted by atomic mass is 35.5. The van der Waals surface area contributed by atoms with Gasteiger partial charge in [-0.1, -0.05) is 23.2 Å². The van der Waals surface area contributed by atoms with Gasteiger partial charge in [0.25, 0.3) is 5.91 Å². The average Bonchev–Trinajstić information content (AvgIpc) is 2.90. The molecule has 0 fully saturated rings. The number of nitrogens with zero attached hydrogens (tertiary/aromatic N) is 3. The number of carbonyl (C=O) groups excluding carboxylic acids is 1. The molecule has 3 aromatic rings. The van der Waals surface area contributed by atoms with Gasteiger partial charge in [-0.15, -0.1) is 0 Å². The third-order valence-electron chi connectivity index (χ3n) is 2.70. The van der Waals surface area contributed by atoms with Crippen LogP contribution in [0.3, 0.4) is 0 Å². The lowest BCUT2D eigenvalue weighted by molar-refractivity contribution is 0.102. The summed E-state index contributed by atoms with van der Waals surface area (Å²) in [5.74, 6) is -0.328. The van der Waals surface area contributed by atoms with E-state index in [0.717, 1.165) is 0 Å². The van der Waals surface area contributed by atoms with E-state index in [1.54, 1.807) is 42.7 Å². The molecule has 0 saturated carbocycles. The molecule has 20 heavy (non-hydrogen) atoms. The Morgan fingerprint density at radius 3 is 2.80 bits per heavy atom. The van der Waals surface area contributed by atoms with Gasteiger partial charge < -0.3 is 5.32 Å². The predicted molar refractivity (Wildman–Crippen MR) is 77.4 cm³/mol. The number of rotatable bonds is 2. The van der Waals surface area contributed by atoms with Crippen molar-refractivity contribution in [3.8, 4) is 0 Å². The minimum Gasteiger partial charge on any atom is -0.319 e. The zero-order valence-electron chi connectivity index (χ0n) is 10.0. The molecule has 0 aliphatic heterocycles. The highest BCUT2D eigenvalue weighted by Gasteiger charge is 2.13. The second-order valence-electron chi connectivity index (χ2n) is 4.01. The van der Waals surface area contributed by atoms with E-state index in [-0.39, 0.29) is 5.91 Å². The fourth-order valence-corrected chi connectivity index (χ4v) is 2.24. The van der Waals surface area contributed by atoms with E-state index in [1.165, 1.54) is 4.52 Å². The zero-order valence-corrected chi connectivity index (χ0v) is 11.6. The third kappa shape index (κ3) is 2.33. The van der Waals surface area contributed by atoms with Crippen LogP contribution in [0.25, 0.3) is 5.65 Å². The van der Waals surface area contributed by atoms with Crippen LogP contribution in [0, 0.1) is 0 Å². The molecule has 7 heteroatoms. The van der Waals surface area contributed by atoms with Crippen LogP contribution in [0.15, 0.2) is 42.7 Å². The number of benzene rings is 1. The van der Waals surface area contributed by atoms with Gasteiger partial charge in [-0.3, -0.25) is 4.79 Å². The van der Waals surface area contributed by atoms with Crippen LogP contribution in [0.2, 0.25) is 10.0 Å². The van der Waals surface area contributed by atoms with Gasteiger partial charge in [-0.25, -0.2) is 9.50 Å². The number of nitrogens with one attached hydrogen (secondary N) is 1. The maximum atomic E-state index is 12.3. The monoisotopic (exact) mass is 306 g/mol. The average molecular weight is 307 g/mol. The minimum absolute atomic E-state index is 0.328. The molecular formula is C13H8Cl2N4O. The maximum Gasteiger partial charge on any atom is 0.274 e. The Bertz CT molecular complexity index is 800.